The number of carbonyl (C=O) groups excluding carboxylic acids is 3. The van der Waals surface area contributed by atoms with Crippen LogP contribution in [0.2, 0.25) is 0 Å². The Balaban J connectivity index is 1.46. The zero-order valence-electron chi connectivity index (χ0n) is 25.9. The van der Waals surface area contributed by atoms with Gasteiger partial charge in [-0.3, -0.25) is 9.59 Å². The zero-order chi connectivity index (χ0) is 33.1. The Labute approximate surface area is 265 Å². The highest BCUT2D eigenvalue weighted by molar-refractivity contribution is 6.09. The number of esters is 1. The highest BCUT2D eigenvalue weighted by atomic mass is 16.6. The van der Waals surface area contributed by atoms with Gasteiger partial charge >= 0.3 is 5.97 Å². The van der Waals surface area contributed by atoms with Crippen molar-refractivity contribution in [2.24, 2.45) is 5.10 Å². The SMILES string of the molecule is CCOc1cc(/C=N\NC(=O)c2ccccc2NC(=O)c2ccc(OC)cc2)ccc1OC(=O)c1cc(OC)c(OC)c(OC)c1. The number of methoxy groups -OCH3 is 4. The van der Waals surface area contributed by atoms with Gasteiger partial charge in [0.1, 0.15) is 5.75 Å². The molecule has 2 amide bonds. The maximum Gasteiger partial charge on any atom is 0.343 e. The van der Waals surface area contributed by atoms with Crippen LogP contribution in [0.3, 0.4) is 0 Å². The maximum atomic E-state index is 13.0. The van der Waals surface area contributed by atoms with E-state index in [4.69, 9.17) is 28.4 Å². The molecule has 0 aromatic heterocycles. The van der Waals surface area contributed by atoms with E-state index in [0.717, 1.165) is 0 Å². The Kier molecular flexibility index (Phi) is 11.2. The van der Waals surface area contributed by atoms with E-state index >= 15 is 0 Å². The van der Waals surface area contributed by atoms with Crippen LogP contribution in [-0.4, -0.2) is 59.0 Å². The molecule has 0 aliphatic carbocycles. The highest BCUT2D eigenvalue weighted by Gasteiger charge is 2.20. The molecule has 0 aliphatic heterocycles. The second-order valence-electron chi connectivity index (χ2n) is 9.37. The summed E-state index contributed by atoms with van der Waals surface area (Å²) in [4.78, 5) is 38.8. The fourth-order valence-electron chi connectivity index (χ4n) is 4.27. The predicted molar refractivity (Wildman–Crippen MR) is 171 cm³/mol. The van der Waals surface area contributed by atoms with Crippen molar-refractivity contribution in [2.45, 2.75) is 6.92 Å². The number of hydrogen-bond acceptors (Lipinski definition) is 10. The summed E-state index contributed by atoms with van der Waals surface area (Å²) >= 11 is 0. The topological polar surface area (TPSA) is 143 Å². The van der Waals surface area contributed by atoms with Gasteiger partial charge in [-0.05, 0) is 79.2 Å². The van der Waals surface area contributed by atoms with Crippen molar-refractivity contribution in [3.63, 3.8) is 0 Å². The van der Waals surface area contributed by atoms with E-state index in [0.29, 0.717) is 46.4 Å². The quantitative estimate of drug-likeness (QED) is 0.0867. The number of anilines is 1. The summed E-state index contributed by atoms with van der Waals surface area (Å²) < 4.78 is 32.4. The Morgan fingerprint density at radius 3 is 2.04 bits per heavy atom. The molecule has 0 saturated heterocycles. The van der Waals surface area contributed by atoms with Crippen molar-refractivity contribution in [3.8, 4) is 34.5 Å². The number of benzene rings is 4. The van der Waals surface area contributed by atoms with Gasteiger partial charge in [-0.2, -0.15) is 5.10 Å². The molecule has 12 nitrogen and oxygen atoms in total. The molecule has 0 saturated carbocycles. The Morgan fingerprint density at radius 2 is 1.41 bits per heavy atom. The molecular weight excluding hydrogens is 594 g/mol. The van der Waals surface area contributed by atoms with Crippen molar-refractivity contribution in [1.29, 1.82) is 0 Å². The first-order valence-electron chi connectivity index (χ1n) is 14.0. The lowest BCUT2D eigenvalue weighted by Crippen LogP contribution is -2.21. The Morgan fingerprint density at radius 1 is 0.717 bits per heavy atom. The van der Waals surface area contributed by atoms with Gasteiger partial charge in [0.05, 0.1) is 58.1 Å². The van der Waals surface area contributed by atoms with Crippen molar-refractivity contribution in [3.05, 3.63) is 101 Å². The van der Waals surface area contributed by atoms with Crippen molar-refractivity contribution >= 4 is 29.7 Å². The fourth-order valence-corrected chi connectivity index (χ4v) is 4.27. The monoisotopic (exact) mass is 627 g/mol. The second-order valence-corrected chi connectivity index (χ2v) is 9.37. The minimum atomic E-state index is -0.674. The smallest absolute Gasteiger partial charge is 0.343 e. The van der Waals surface area contributed by atoms with Crippen LogP contribution >= 0.6 is 0 Å². The van der Waals surface area contributed by atoms with Gasteiger partial charge in [-0.1, -0.05) is 12.1 Å². The van der Waals surface area contributed by atoms with E-state index in [1.165, 1.54) is 46.8 Å². The van der Waals surface area contributed by atoms with Gasteiger partial charge in [-0.15, -0.1) is 0 Å². The molecule has 0 fully saturated rings. The molecule has 0 radical (unpaired) electrons. The second kappa shape index (κ2) is 15.6. The standard InChI is InChI=1S/C34H33N3O9/c1-6-45-28-17-21(11-16-27(28)46-34(40)23-18-29(42-3)31(44-5)30(19-23)43-4)20-35-37-33(39)25-9-7-8-10-26(25)36-32(38)22-12-14-24(41-2)15-13-22/h7-20H,6H2,1-5H3,(H,36,38)(H,37,39)/b35-20-. The molecule has 0 unspecified atom stereocenters. The average molecular weight is 628 g/mol. The van der Waals surface area contributed by atoms with E-state index < -0.39 is 11.9 Å². The number of hydrazone groups is 1. The van der Waals surface area contributed by atoms with E-state index in [1.807, 2.05) is 0 Å². The number of amides is 2. The molecule has 0 heterocycles. The lowest BCUT2D eigenvalue weighted by Gasteiger charge is -2.15. The van der Waals surface area contributed by atoms with Crippen LogP contribution < -0.4 is 39.2 Å². The van der Waals surface area contributed by atoms with E-state index in [9.17, 15) is 14.4 Å². The summed E-state index contributed by atoms with van der Waals surface area (Å²) in [5.74, 6) is 0.413. The van der Waals surface area contributed by atoms with Crippen molar-refractivity contribution in [1.82, 2.24) is 5.43 Å². The first-order chi connectivity index (χ1) is 22.3. The van der Waals surface area contributed by atoms with Crippen LogP contribution in [0.25, 0.3) is 0 Å². The van der Waals surface area contributed by atoms with Gasteiger partial charge in [0.25, 0.3) is 11.8 Å². The van der Waals surface area contributed by atoms with Crippen LogP contribution in [0.4, 0.5) is 5.69 Å². The van der Waals surface area contributed by atoms with Gasteiger partial charge < -0.3 is 33.7 Å². The summed E-state index contributed by atoms with van der Waals surface area (Å²) in [5, 5.41) is 6.81. The van der Waals surface area contributed by atoms with E-state index in [-0.39, 0.29) is 28.5 Å². The van der Waals surface area contributed by atoms with Crippen molar-refractivity contribution < 1.29 is 42.8 Å². The normalized spacial score (nSPS) is 10.5. The first-order valence-corrected chi connectivity index (χ1v) is 14.0. The highest BCUT2D eigenvalue weighted by Crippen LogP contribution is 2.39. The summed E-state index contributed by atoms with van der Waals surface area (Å²) in [6.45, 7) is 2.09. The molecule has 4 rings (SSSR count). The lowest BCUT2D eigenvalue weighted by atomic mass is 10.1. The number of carbonyl (C=O) groups is 3. The van der Waals surface area contributed by atoms with Gasteiger partial charge in [0.2, 0.25) is 5.75 Å². The number of para-hydroxylation sites is 1. The summed E-state index contributed by atoms with van der Waals surface area (Å²) in [6.07, 6.45) is 1.41. The third-order valence-corrected chi connectivity index (χ3v) is 6.52. The van der Waals surface area contributed by atoms with Gasteiger partial charge in [0.15, 0.2) is 23.0 Å². The third kappa shape index (κ3) is 7.91. The summed E-state index contributed by atoms with van der Waals surface area (Å²) in [7, 11) is 5.90. The molecule has 12 heteroatoms. The predicted octanol–water partition coefficient (Wildman–Crippen LogP) is 5.36. The van der Waals surface area contributed by atoms with E-state index in [1.54, 1.807) is 73.7 Å². The molecule has 0 spiro atoms. The molecule has 0 bridgehead atoms. The minimum Gasteiger partial charge on any atom is -0.497 e. The molecule has 2 N–H and O–H groups in total. The molecule has 4 aromatic carbocycles. The van der Waals surface area contributed by atoms with Gasteiger partial charge in [0, 0.05) is 5.56 Å². The maximum absolute atomic E-state index is 13.0. The minimum absolute atomic E-state index is 0.170. The molecule has 4 aromatic rings. The van der Waals surface area contributed by atoms with Crippen LogP contribution in [-0.2, 0) is 0 Å². The number of rotatable bonds is 13. The third-order valence-electron chi connectivity index (χ3n) is 6.52. The summed E-state index contributed by atoms with van der Waals surface area (Å²) in [5.41, 5.74) is 4.12. The Bertz CT molecular complexity index is 1710. The molecule has 0 aliphatic rings. The first kappa shape index (κ1) is 32.9. The average Bonchev–Trinajstić information content (AvgIpc) is 3.08. The van der Waals surface area contributed by atoms with Crippen LogP contribution in [0, 0.1) is 0 Å². The van der Waals surface area contributed by atoms with Crippen LogP contribution in [0.15, 0.2) is 84.0 Å². The largest absolute Gasteiger partial charge is 0.497 e. The number of nitrogens with zero attached hydrogens (tertiary/aromatic N) is 1. The zero-order valence-corrected chi connectivity index (χ0v) is 25.9. The number of nitrogens with one attached hydrogen (secondary N) is 2. The molecule has 0 atom stereocenters. The van der Waals surface area contributed by atoms with Gasteiger partial charge in [-0.25, -0.2) is 10.2 Å². The van der Waals surface area contributed by atoms with E-state index in [2.05, 4.69) is 15.8 Å². The molecular formula is C34H33N3O9. The molecule has 238 valence electrons. The fraction of sp³-hybridized carbons (Fsp3) is 0.176. The lowest BCUT2D eigenvalue weighted by molar-refractivity contribution is 0.0727. The summed E-state index contributed by atoms with van der Waals surface area (Å²) in [6, 6.07) is 20.9. The molecule has 46 heavy (non-hydrogen) atoms. The van der Waals surface area contributed by atoms with Crippen LogP contribution in [0.5, 0.6) is 34.5 Å². The number of hydrogen-bond donors (Lipinski definition) is 2. The number of ether oxygens (including phenoxy) is 6. The Hall–Kier alpha value is -6.04. The van der Waals surface area contributed by atoms with Crippen LogP contribution in [0.1, 0.15) is 43.6 Å². The van der Waals surface area contributed by atoms with Crippen molar-refractivity contribution in [2.75, 3.05) is 40.4 Å².